The Kier molecular flexibility index (Phi) is 6.88. The molecule has 1 heterocycles. The van der Waals surface area contributed by atoms with Crippen LogP contribution in [0, 0.1) is 6.92 Å². The van der Waals surface area contributed by atoms with Gasteiger partial charge in [-0.3, -0.25) is 4.79 Å². The fraction of sp³-hybridized carbons (Fsp3) is 0.286. The maximum Gasteiger partial charge on any atom is 0.222 e. The molecule has 2 unspecified atom stereocenters. The van der Waals surface area contributed by atoms with Gasteiger partial charge in [0.05, 0.1) is 13.2 Å². The van der Waals surface area contributed by atoms with Crippen LogP contribution in [0.3, 0.4) is 0 Å². The molecular formula is C21H25ClN2O3. The Hall–Kier alpha value is -2.50. The number of furan rings is 1. The third-order valence-corrected chi connectivity index (χ3v) is 4.58. The van der Waals surface area contributed by atoms with Gasteiger partial charge in [-0.15, -0.1) is 12.4 Å². The molecule has 0 spiro atoms. The van der Waals surface area contributed by atoms with Gasteiger partial charge in [-0.25, -0.2) is 0 Å². The van der Waals surface area contributed by atoms with Crippen molar-refractivity contribution in [2.75, 3.05) is 7.11 Å². The molecule has 2 atom stereocenters. The smallest absolute Gasteiger partial charge is 0.222 e. The number of carbonyl (C=O) groups excluding carboxylic acids is 1. The molecule has 0 saturated carbocycles. The van der Waals surface area contributed by atoms with Crippen LogP contribution in [-0.4, -0.2) is 13.0 Å². The lowest BCUT2D eigenvalue weighted by atomic mass is 10.0. The first-order valence-electron chi connectivity index (χ1n) is 8.66. The van der Waals surface area contributed by atoms with Gasteiger partial charge < -0.3 is 20.2 Å². The van der Waals surface area contributed by atoms with Crippen LogP contribution in [0.5, 0.6) is 5.75 Å². The summed E-state index contributed by atoms with van der Waals surface area (Å²) in [5, 5.41) is 3.97. The van der Waals surface area contributed by atoms with Crippen molar-refractivity contribution in [3.63, 3.8) is 0 Å². The number of nitrogens with two attached hydrogens (primary N) is 1. The van der Waals surface area contributed by atoms with Gasteiger partial charge in [0.2, 0.25) is 5.91 Å². The number of nitrogens with one attached hydrogen (secondary N) is 1. The van der Waals surface area contributed by atoms with E-state index in [2.05, 4.69) is 5.32 Å². The minimum absolute atomic E-state index is 0. The maximum absolute atomic E-state index is 12.4. The lowest BCUT2D eigenvalue weighted by molar-refractivity contribution is -0.122. The molecule has 1 amide bonds. The highest BCUT2D eigenvalue weighted by Gasteiger charge is 2.20. The molecule has 3 N–H and O–H groups in total. The van der Waals surface area contributed by atoms with Crippen molar-refractivity contribution in [1.29, 1.82) is 0 Å². The summed E-state index contributed by atoms with van der Waals surface area (Å²) in [6, 6.07) is 14.7. The van der Waals surface area contributed by atoms with Crippen LogP contribution in [0.1, 0.15) is 42.3 Å². The zero-order valence-corrected chi connectivity index (χ0v) is 16.5. The number of amides is 1. The second-order valence-electron chi connectivity index (χ2n) is 6.46. The molecule has 0 bridgehead atoms. The van der Waals surface area contributed by atoms with Crippen LogP contribution in [0.15, 0.2) is 52.9 Å². The number of hydrogen-bond donors (Lipinski definition) is 2. The fourth-order valence-electron chi connectivity index (χ4n) is 3.14. The summed E-state index contributed by atoms with van der Waals surface area (Å²) in [6.45, 7) is 3.90. The Morgan fingerprint density at radius 3 is 2.59 bits per heavy atom. The number of ether oxygens (including phenoxy) is 1. The van der Waals surface area contributed by atoms with Crippen molar-refractivity contribution in [1.82, 2.24) is 5.32 Å². The highest BCUT2D eigenvalue weighted by atomic mass is 35.5. The van der Waals surface area contributed by atoms with Crippen molar-refractivity contribution in [3.05, 3.63) is 65.4 Å². The Morgan fingerprint density at radius 1 is 1.22 bits per heavy atom. The second kappa shape index (κ2) is 8.93. The average Bonchev–Trinajstić information content (AvgIpc) is 2.98. The molecule has 1 aromatic heterocycles. The van der Waals surface area contributed by atoms with Gasteiger partial charge in [0.1, 0.15) is 17.1 Å². The molecule has 0 aliphatic rings. The first-order chi connectivity index (χ1) is 12.5. The van der Waals surface area contributed by atoms with Gasteiger partial charge in [0.15, 0.2) is 0 Å². The normalized spacial score (nSPS) is 12.9. The average molecular weight is 389 g/mol. The lowest BCUT2D eigenvalue weighted by Crippen LogP contribution is -2.29. The highest BCUT2D eigenvalue weighted by Crippen LogP contribution is 2.32. The van der Waals surface area contributed by atoms with Crippen molar-refractivity contribution in [2.24, 2.45) is 5.73 Å². The SMILES string of the molecule is COc1ccc2oc(C(C)NC(=O)CC(N)c3ccccc3)c(C)c2c1.Cl. The lowest BCUT2D eigenvalue weighted by Gasteiger charge is -2.16. The fourth-order valence-corrected chi connectivity index (χ4v) is 3.14. The molecule has 0 saturated heterocycles. The number of methoxy groups -OCH3 is 1. The number of benzene rings is 2. The molecule has 0 fully saturated rings. The third-order valence-electron chi connectivity index (χ3n) is 4.58. The molecule has 6 heteroatoms. The van der Waals surface area contributed by atoms with Gasteiger partial charge in [-0.2, -0.15) is 0 Å². The van der Waals surface area contributed by atoms with Crippen LogP contribution >= 0.6 is 12.4 Å². The van der Waals surface area contributed by atoms with E-state index in [9.17, 15) is 4.79 Å². The predicted molar refractivity (Wildman–Crippen MR) is 109 cm³/mol. The van der Waals surface area contributed by atoms with Crippen LogP contribution in [0.25, 0.3) is 11.0 Å². The molecule has 3 aromatic rings. The van der Waals surface area contributed by atoms with Crippen LogP contribution < -0.4 is 15.8 Å². The Labute approximate surface area is 165 Å². The van der Waals surface area contributed by atoms with Gasteiger partial charge in [0.25, 0.3) is 0 Å². The Balaban J connectivity index is 0.00000261. The minimum Gasteiger partial charge on any atom is -0.497 e. The summed E-state index contributed by atoms with van der Waals surface area (Å²) >= 11 is 0. The van der Waals surface area contributed by atoms with E-state index < -0.39 is 0 Å². The Morgan fingerprint density at radius 2 is 1.93 bits per heavy atom. The van der Waals surface area contributed by atoms with Gasteiger partial charge in [0, 0.05) is 23.4 Å². The topological polar surface area (TPSA) is 77.5 Å². The van der Waals surface area contributed by atoms with E-state index in [1.807, 2.05) is 62.4 Å². The molecule has 27 heavy (non-hydrogen) atoms. The molecule has 0 aliphatic heterocycles. The number of rotatable bonds is 6. The largest absolute Gasteiger partial charge is 0.497 e. The van der Waals surface area contributed by atoms with Crippen molar-refractivity contribution >= 4 is 29.3 Å². The molecule has 144 valence electrons. The summed E-state index contributed by atoms with van der Waals surface area (Å²) in [5.41, 5.74) is 8.86. The molecule has 2 aromatic carbocycles. The zero-order valence-electron chi connectivity index (χ0n) is 15.7. The van der Waals surface area contributed by atoms with Crippen LogP contribution in [0.2, 0.25) is 0 Å². The van der Waals surface area contributed by atoms with Crippen molar-refractivity contribution in [3.8, 4) is 5.75 Å². The number of fused-ring (bicyclic) bond motifs is 1. The number of halogens is 1. The summed E-state index contributed by atoms with van der Waals surface area (Å²) in [4.78, 5) is 12.4. The third kappa shape index (κ3) is 4.62. The van der Waals surface area contributed by atoms with Crippen LogP contribution in [0.4, 0.5) is 0 Å². The summed E-state index contributed by atoms with van der Waals surface area (Å²) in [7, 11) is 1.64. The first kappa shape index (κ1) is 20.8. The number of aryl methyl sites for hydroxylation is 1. The zero-order chi connectivity index (χ0) is 18.7. The van der Waals surface area contributed by atoms with Crippen LogP contribution in [-0.2, 0) is 4.79 Å². The van der Waals surface area contributed by atoms with E-state index in [1.165, 1.54) is 0 Å². The summed E-state index contributed by atoms with van der Waals surface area (Å²) < 4.78 is 11.2. The van der Waals surface area contributed by atoms with Gasteiger partial charge in [-0.1, -0.05) is 30.3 Å². The van der Waals surface area contributed by atoms with E-state index in [0.29, 0.717) is 0 Å². The van der Waals surface area contributed by atoms with E-state index in [0.717, 1.165) is 33.6 Å². The molecule has 5 nitrogen and oxygen atoms in total. The first-order valence-corrected chi connectivity index (χ1v) is 8.66. The summed E-state index contributed by atoms with van der Waals surface area (Å²) in [6.07, 6.45) is 0.224. The van der Waals surface area contributed by atoms with E-state index in [4.69, 9.17) is 14.9 Å². The second-order valence-corrected chi connectivity index (χ2v) is 6.46. The quantitative estimate of drug-likeness (QED) is 0.654. The standard InChI is InChI=1S/C21H24N2O3.ClH/c1-13-17-11-16(25-3)9-10-19(17)26-21(13)14(2)23-20(24)12-18(22)15-7-5-4-6-8-15;/h4-11,14,18H,12,22H2,1-3H3,(H,23,24);1H. The van der Waals surface area contributed by atoms with Gasteiger partial charge >= 0.3 is 0 Å². The molecule has 0 radical (unpaired) electrons. The van der Waals surface area contributed by atoms with E-state index in [1.54, 1.807) is 7.11 Å². The van der Waals surface area contributed by atoms with Gasteiger partial charge in [-0.05, 0) is 37.6 Å². The predicted octanol–water partition coefficient (Wildman–Crippen LogP) is 4.44. The molecule has 3 rings (SSSR count). The van der Waals surface area contributed by atoms with Crippen molar-refractivity contribution < 1.29 is 13.9 Å². The Bertz CT molecular complexity index is 908. The summed E-state index contributed by atoms with van der Waals surface area (Å²) in [5.74, 6) is 1.42. The highest BCUT2D eigenvalue weighted by molar-refractivity contribution is 5.85. The monoisotopic (exact) mass is 388 g/mol. The van der Waals surface area contributed by atoms with E-state index >= 15 is 0 Å². The van der Waals surface area contributed by atoms with E-state index in [-0.39, 0.29) is 36.8 Å². The maximum atomic E-state index is 12.4. The minimum atomic E-state index is -0.329. The number of hydrogen-bond acceptors (Lipinski definition) is 4. The van der Waals surface area contributed by atoms with Crippen molar-refractivity contribution in [2.45, 2.75) is 32.4 Å². The molecular weight excluding hydrogens is 364 g/mol. The molecule has 0 aliphatic carbocycles. The number of carbonyl (C=O) groups is 1.